The van der Waals surface area contributed by atoms with E-state index < -0.39 is 5.97 Å². The molecule has 0 saturated heterocycles. The van der Waals surface area contributed by atoms with E-state index in [4.69, 9.17) is 4.74 Å². The fourth-order valence-electron chi connectivity index (χ4n) is 1.46. The molecule has 1 rings (SSSR count). The van der Waals surface area contributed by atoms with Crippen LogP contribution in [0.2, 0.25) is 0 Å². The first kappa shape index (κ1) is 12.7. The molecule has 0 radical (unpaired) electrons. The van der Waals surface area contributed by atoms with Crippen LogP contribution >= 0.6 is 0 Å². The highest BCUT2D eigenvalue weighted by atomic mass is 16.5. The van der Waals surface area contributed by atoms with Crippen LogP contribution in [0.15, 0.2) is 6.20 Å². The van der Waals surface area contributed by atoms with Crippen molar-refractivity contribution in [3.63, 3.8) is 0 Å². The average molecular weight is 226 g/mol. The van der Waals surface area contributed by atoms with E-state index in [0.717, 1.165) is 5.56 Å². The highest BCUT2D eigenvalue weighted by Gasteiger charge is 2.17. The Morgan fingerprint density at radius 2 is 2.38 bits per heavy atom. The summed E-state index contributed by atoms with van der Waals surface area (Å²) in [6.07, 6.45) is 2.64. The van der Waals surface area contributed by atoms with E-state index in [0.29, 0.717) is 25.1 Å². The molecule has 5 nitrogen and oxygen atoms in total. The second kappa shape index (κ2) is 5.65. The molecule has 5 heteroatoms. The molecule has 16 heavy (non-hydrogen) atoms. The standard InChI is InChI=1S/C11H18N2O3/c1-4-16-11(15)10-9(6-5-8(2)14)7-13(3)12-10/h7-8,14H,4-6H2,1-3H3/t8-/m1/s1. The van der Waals surface area contributed by atoms with Gasteiger partial charge in [-0.2, -0.15) is 5.10 Å². The van der Waals surface area contributed by atoms with Gasteiger partial charge in [-0.05, 0) is 26.7 Å². The lowest BCUT2D eigenvalue weighted by Gasteiger charge is -2.03. The molecule has 0 fully saturated rings. The molecule has 1 aromatic rings. The Hall–Kier alpha value is -1.36. The molecule has 0 aliphatic heterocycles. The first-order chi connectivity index (χ1) is 7.54. The Morgan fingerprint density at radius 3 is 2.94 bits per heavy atom. The highest BCUT2D eigenvalue weighted by Crippen LogP contribution is 2.11. The van der Waals surface area contributed by atoms with Crippen LogP contribution in [0.25, 0.3) is 0 Å². The van der Waals surface area contributed by atoms with Crippen molar-refractivity contribution in [3.8, 4) is 0 Å². The summed E-state index contributed by atoms with van der Waals surface area (Å²) in [5.74, 6) is -0.399. The van der Waals surface area contributed by atoms with Crippen LogP contribution in [0.4, 0.5) is 0 Å². The molecule has 1 aromatic heterocycles. The third-order valence-electron chi connectivity index (χ3n) is 2.20. The molecular weight excluding hydrogens is 208 g/mol. The van der Waals surface area contributed by atoms with E-state index in [1.807, 2.05) is 0 Å². The molecule has 1 N–H and O–H groups in total. The van der Waals surface area contributed by atoms with Crippen molar-refractivity contribution in [2.45, 2.75) is 32.8 Å². The lowest BCUT2D eigenvalue weighted by Crippen LogP contribution is -2.09. The van der Waals surface area contributed by atoms with Crippen molar-refractivity contribution < 1.29 is 14.6 Å². The summed E-state index contributed by atoms with van der Waals surface area (Å²) < 4.78 is 6.50. The van der Waals surface area contributed by atoms with Crippen LogP contribution in [0.3, 0.4) is 0 Å². The van der Waals surface area contributed by atoms with Gasteiger partial charge in [-0.3, -0.25) is 4.68 Å². The molecule has 0 aliphatic carbocycles. The molecule has 1 atom stereocenters. The third-order valence-corrected chi connectivity index (χ3v) is 2.20. The SMILES string of the molecule is CCOC(=O)c1nn(C)cc1CC[C@@H](C)O. The van der Waals surface area contributed by atoms with Gasteiger partial charge in [0.15, 0.2) is 5.69 Å². The number of aromatic nitrogens is 2. The number of aliphatic hydroxyl groups is 1. The van der Waals surface area contributed by atoms with E-state index in [2.05, 4.69) is 5.10 Å². The first-order valence-corrected chi connectivity index (χ1v) is 5.42. The third kappa shape index (κ3) is 3.34. The zero-order chi connectivity index (χ0) is 12.1. The minimum atomic E-state index is -0.399. The maximum absolute atomic E-state index is 11.6. The van der Waals surface area contributed by atoms with Crippen molar-refractivity contribution in [2.75, 3.05) is 6.61 Å². The molecular formula is C11H18N2O3. The van der Waals surface area contributed by atoms with Crippen molar-refractivity contribution in [2.24, 2.45) is 7.05 Å². The summed E-state index contributed by atoms with van der Waals surface area (Å²) in [7, 11) is 1.76. The number of carbonyl (C=O) groups excluding carboxylic acids is 1. The minimum absolute atomic E-state index is 0.339. The topological polar surface area (TPSA) is 64.3 Å². The van der Waals surface area contributed by atoms with Crippen LogP contribution in [0, 0.1) is 0 Å². The summed E-state index contributed by atoms with van der Waals surface area (Å²) in [4.78, 5) is 11.6. The lowest BCUT2D eigenvalue weighted by atomic mass is 10.1. The summed E-state index contributed by atoms with van der Waals surface area (Å²) in [6.45, 7) is 3.82. The number of rotatable bonds is 5. The van der Waals surface area contributed by atoms with Crippen LogP contribution < -0.4 is 0 Å². The van der Waals surface area contributed by atoms with Gasteiger partial charge >= 0.3 is 5.97 Å². The molecule has 1 heterocycles. The Labute approximate surface area is 95.0 Å². The Morgan fingerprint density at radius 1 is 1.69 bits per heavy atom. The molecule has 0 unspecified atom stereocenters. The highest BCUT2D eigenvalue weighted by molar-refractivity contribution is 5.88. The number of nitrogens with zero attached hydrogens (tertiary/aromatic N) is 2. The van der Waals surface area contributed by atoms with Gasteiger partial charge in [-0.1, -0.05) is 0 Å². The Bertz CT molecular complexity index is 358. The van der Waals surface area contributed by atoms with E-state index in [1.54, 1.807) is 31.8 Å². The molecule has 0 aliphatic rings. The van der Waals surface area contributed by atoms with Gasteiger partial charge in [0.05, 0.1) is 12.7 Å². The second-order valence-corrected chi connectivity index (χ2v) is 3.78. The maximum atomic E-state index is 11.6. The molecule has 0 saturated carbocycles. The van der Waals surface area contributed by atoms with Crippen LogP contribution in [0.5, 0.6) is 0 Å². The number of hydrogen-bond acceptors (Lipinski definition) is 4. The van der Waals surface area contributed by atoms with Crippen LogP contribution in [-0.2, 0) is 18.2 Å². The van der Waals surface area contributed by atoms with Crippen LogP contribution in [0.1, 0.15) is 36.3 Å². The van der Waals surface area contributed by atoms with E-state index in [9.17, 15) is 9.90 Å². The van der Waals surface area contributed by atoms with Gasteiger partial charge < -0.3 is 9.84 Å². The summed E-state index contributed by atoms with van der Waals surface area (Å²) in [5.41, 5.74) is 1.17. The molecule has 0 aromatic carbocycles. The quantitative estimate of drug-likeness (QED) is 0.758. The number of aryl methyl sites for hydroxylation is 2. The zero-order valence-electron chi connectivity index (χ0n) is 9.93. The molecule has 90 valence electrons. The Balaban J connectivity index is 2.78. The van der Waals surface area contributed by atoms with E-state index in [-0.39, 0.29) is 6.10 Å². The van der Waals surface area contributed by atoms with Crippen molar-refractivity contribution in [3.05, 3.63) is 17.5 Å². The summed E-state index contributed by atoms with van der Waals surface area (Å²) in [5, 5.41) is 13.3. The monoisotopic (exact) mass is 226 g/mol. The van der Waals surface area contributed by atoms with Gasteiger partial charge in [0.25, 0.3) is 0 Å². The number of aliphatic hydroxyl groups excluding tert-OH is 1. The van der Waals surface area contributed by atoms with Gasteiger partial charge in [-0.15, -0.1) is 0 Å². The van der Waals surface area contributed by atoms with Gasteiger partial charge in [0, 0.05) is 18.8 Å². The summed E-state index contributed by atoms with van der Waals surface area (Å²) >= 11 is 0. The first-order valence-electron chi connectivity index (χ1n) is 5.42. The molecule has 0 amide bonds. The maximum Gasteiger partial charge on any atom is 0.359 e. The number of hydrogen-bond donors (Lipinski definition) is 1. The fourth-order valence-corrected chi connectivity index (χ4v) is 1.46. The van der Waals surface area contributed by atoms with Crippen molar-refractivity contribution >= 4 is 5.97 Å². The largest absolute Gasteiger partial charge is 0.461 e. The van der Waals surface area contributed by atoms with Crippen LogP contribution in [-0.4, -0.2) is 33.6 Å². The summed E-state index contributed by atoms with van der Waals surface area (Å²) in [6, 6.07) is 0. The average Bonchev–Trinajstić information content (AvgIpc) is 2.57. The van der Waals surface area contributed by atoms with Crippen molar-refractivity contribution in [1.29, 1.82) is 0 Å². The van der Waals surface area contributed by atoms with Crippen molar-refractivity contribution in [1.82, 2.24) is 9.78 Å². The van der Waals surface area contributed by atoms with E-state index >= 15 is 0 Å². The zero-order valence-corrected chi connectivity index (χ0v) is 9.93. The smallest absolute Gasteiger partial charge is 0.359 e. The fraction of sp³-hybridized carbons (Fsp3) is 0.636. The Kier molecular flexibility index (Phi) is 4.49. The van der Waals surface area contributed by atoms with Gasteiger partial charge in [0.1, 0.15) is 0 Å². The predicted molar refractivity (Wildman–Crippen MR) is 59.2 cm³/mol. The number of esters is 1. The van der Waals surface area contributed by atoms with Gasteiger partial charge in [-0.25, -0.2) is 4.79 Å². The lowest BCUT2D eigenvalue weighted by molar-refractivity contribution is 0.0517. The minimum Gasteiger partial charge on any atom is -0.461 e. The normalized spacial score (nSPS) is 12.5. The number of carbonyl (C=O) groups is 1. The molecule has 0 bridgehead atoms. The molecule has 0 spiro atoms. The number of ether oxygens (including phenoxy) is 1. The predicted octanol–water partition coefficient (Wildman–Crippen LogP) is 0.910. The van der Waals surface area contributed by atoms with Gasteiger partial charge in [0.2, 0.25) is 0 Å². The van der Waals surface area contributed by atoms with E-state index in [1.165, 1.54) is 0 Å². The second-order valence-electron chi connectivity index (χ2n) is 3.78.